The fraction of sp³-hybridized carbons (Fsp3) is 0.688. The third-order valence-corrected chi connectivity index (χ3v) is 7.44. The molecule has 2 heterocycles. The average molecular weight is 359 g/mol. The molecular weight excluding hydrogens is 332 g/mol. The molecular formula is C16H26N2O3S2. The molecule has 1 atom stereocenters. The van der Waals surface area contributed by atoms with E-state index in [9.17, 15) is 13.2 Å². The highest BCUT2D eigenvalue weighted by molar-refractivity contribution is 7.91. The fourth-order valence-corrected chi connectivity index (χ4v) is 6.09. The van der Waals surface area contributed by atoms with Crippen LogP contribution < -0.4 is 0 Å². The Bertz CT molecular complexity index is 634. The normalized spacial score (nSPS) is 19.2. The molecule has 0 saturated carbocycles. The van der Waals surface area contributed by atoms with Gasteiger partial charge in [-0.15, -0.1) is 11.3 Å². The molecule has 130 valence electrons. The molecule has 0 N–H and O–H groups in total. The predicted molar refractivity (Wildman–Crippen MR) is 93.1 cm³/mol. The first kappa shape index (κ1) is 18.4. The van der Waals surface area contributed by atoms with Crippen molar-refractivity contribution in [2.24, 2.45) is 0 Å². The molecule has 2 rings (SSSR count). The van der Waals surface area contributed by atoms with Crippen molar-refractivity contribution in [3.63, 3.8) is 0 Å². The number of carbonyl (C=O) groups is 1. The summed E-state index contributed by atoms with van der Waals surface area (Å²) in [4.78, 5) is 15.6. The van der Waals surface area contributed by atoms with E-state index in [0.717, 1.165) is 24.1 Å². The third kappa shape index (κ3) is 3.95. The molecule has 1 unspecified atom stereocenters. The first-order valence-electron chi connectivity index (χ1n) is 8.28. The Labute approximate surface area is 143 Å². The smallest absolute Gasteiger partial charge is 0.253 e. The van der Waals surface area contributed by atoms with Gasteiger partial charge in [0.1, 0.15) is 10.3 Å². The van der Waals surface area contributed by atoms with Crippen LogP contribution in [0.4, 0.5) is 0 Å². The number of nitrogens with zero attached hydrogens (tertiary/aromatic N) is 2. The first-order valence-corrected chi connectivity index (χ1v) is 10.5. The monoisotopic (exact) mass is 358 g/mol. The molecule has 1 amide bonds. The summed E-state index contributed by atoms with van der Waals surface area (Å²) >= 11 is 1.27. The minimum atomic E-state index is -3.57. The largest absolute Gasteiger partial charge is 0.341 e. The van der Waals surface area contributed by atoms with Crippen molar-refractivity contribution >= 4 is 27.3 Å². The zero-order valence-corrected chi connectivity index (χ0v) is 15.8. The van der Waals surface area contributed by atoms with Crippen LogP contribution in [-0.2, 0) is 14.8 Å². The van der Waals surface area contributed by atoms with Gasteiger partial charge in [-0.1, -0.05) is 13.8 Å². The molecule has 23 heavy (non-hydrogen) atoms. The number of rotatable bonds is 7. The van der Waals surface area contributed by atoms with Crippen molar-refractivity contribution in [1.82, 2.24) is 9.21 Å². The Morgan fingerprint density at radius 3 is 2.48 bits per heavy atom. The van der Waals surface area contributed by atoms with Crippen LogP contribution >= 0.6 is 11.3 Å². The van der Waals surface area contributed by atoms with Crippen LogP contribution in [0.3, 0.4) is 0 Å². The van der Waals surface area contributed by atoms with Crippen molar-refractivity contribution in [3.8, 4) is 0 Å². The van der Waals surface area contributed by atoms with Crippen LogP contribution in [0.2, 0.25) is 0 Å². The Hall–Kier alpha value is -0.920. The molecule has 0 aliphatic carbocycles. The molecule has 0 radical (unpaired) electrons. The predicted octanol–water partition coefficient (Wildman–Crippen LogP) is 2.86. The molecule has 7 heteroatoms. The van der Waals surface area contributed by atoms with Gasteiger partial charge in [-0.25, -0.2) is 8.42 Å². The molecule has 1 aromatic heterocycles. The minimum Gasteiger partial charge on any atom is -0.341 e. The lowest BCUT2D eigenvalue weighted by molar-refractivity contribution is -0.134. The number of aryl methyl sites for hydroxylation is 1. The maximum Gasteiger partial charge on any atom is 0.253 e. The van der Waals surface area contributed by atoms with Gasteiger partial charge in [0.15, 0.2) is 0 Å². The van der Waals surface area contributed by atoms with Gasteiger partial charge in [0, 0.05) is 24.5 Å². The Kier molecular flexibility index (Phi) is 6.22. The summed E-state index contributed by atoms with van der Waals surface area (Å²) in [7, 11) is -3.57. The Morgan fingerprint density at radius 2 is 1.96 bits per heavy atom. The summed E-state index contributed by atoms with van der Waals surface area (Å²) in [5.41, 5.74) is 0. The highest BCUT2D eigenvalue weighted by atomic mass is 32.2. The van der Waals surface area contributed by atoms with Gasteiger partial charge in [0.2, 0.25) is 5.91 Å². The second kappa shape index (κ2) is 7.77. The second-order valence-corrected chi connectivity index (χ2v) is 9.37. The standard InChI is InChI=1S/C16H26N2O3S2/c1-4-10-17(11-5-2)16(19)14-7-6-12-18(14)23(20,21)15-9-8-13(3)22-15/h8-9,14H,4-7,10-12H2,1-3H3. The number of hydrogen-bond donors (Lipinski definition) is 0. The molecule has 1 aromatic rings. The molecule has 1 fully saturated rings. The van der Waals surface area contributed by atoms with Crippen LogP contribution in [0.5, 0.6) is 0 Å². The molecule has 5 nitrogen and oxygen atoms in total. The molecule has 1 saturated heterocycles. The summed E-state index contributed by atoms with van der Waals surface area (Å²) in [6, 6.07) is 2.91. The fourth-order valence-electron chi connectivity index (χ4n) is 3.02. The van der Waals surface area contributed by atoms with Gasteiger partial charge in [0.05, 0.1) is 0 Å². The van der Waals surface area contributed by atoms with Crippen molar-refractivity contribution in [1.29, 1.82) is 0 Å². The quantitative estimate of drug-likeness (QED) is 0.753. The van der Waals surface area contributed by atoms with E-state index < -0.39 is 16.1 Å². The van der Waals surface area contributed by atoms with Gasteiger partial charge in [-0.05, 0) is 44.7 Å². The lowest BCUT2D eigenvalue weighted by atomic mass is 10.2. The Balaban J connectivity index is 2.24. The van der Waals surface area contributed by atoms with Crippen LogP contribution in [0.25, 0.3) is 0 Å². The van der Waals surface area contributed by atoms with E-state index in [1.54, 1.807) is 6.07 Å². The number of carbonyl (C=O) groups excluding carboxylic acids is 1. The van der Waals surface area contributed by atoms with Crippen molar-refractivity contribution in [2.75, 3.05) is 19.6 Å². The maximum absolute atomic E-state index is 12.9. The average Bonchev–Trinajstić information content (AvgIpc) is 3.15. The third-order valence-electron chi connectivity index (χ3n) is 4.07. The first-order chi connectivity index (χ1) is 10.9. The number of thiophene rings is 1. The number of amides is 1. The molecule has 0 spiro atoms. The highest BCUT2D eigenvalue weighted by Crippen LogP contribution is 2.30. The van der Waals surface area contributed by atoms with Gasteiger partial charge < -0.3 is 4.90 Å². The van der Waals surface area contributed by atoms with E-state index in [-0.39, 0.29) is 5.91 Å². The van der Waals surface area contributed by atoms with Crippen LogP contribution in [-0.4, -0.2) is 49.2 Å². The molecule has 0 bridgehead atoms. The van der Waals surface area contributed by atoms with E-state index >= 15 is 0 Å². The molecule has 1 aliphatic rings. The van der Waals surface area contributed by atoms with E-state index in [1.807, 2.05) is 31.7 Å². The summed E-state index contributed by atoms with van der Waals surface area (Å²) in [6.45, 7) is 7.77. The zero-order valence-electron chi connectivity index (χ0n) is 14.1. The lowest BCUT2D eigenvalue weighted by Crippen LogP contribution is -2.48. The summed E-state index contributed by atoms with van der Waals surface area (Å²) in [6.07, 6.45) is 3.13. The molecule has 0 aromatic carbocycles. The van der Waals surface area contributed by atoms with E-state index in [1.165, 1.54) is 15.6 Å². The minimum absolute atomic E-state index is 0.0388. The van der Waals surface area contributed by atoms with Crippen LogP contribution in [0.15, 0.2) is 16.3 Å². The maximum atomic E-state index is 12.9. The second-order valence-electron chi connectivity index (χ2n) is 5.96. The summed E-state index contributed by atoms with van der Waals surface area (Å²) in [5.74, 6) is -0.0388. The Morgan fingerprint density at radius 1 is 1.30 bits per heavy atom. The van der Waals surface area contributed by atoms with Gasteiger partial charge in [0.25, 0.3) is 10.0 Å². The topological polar surface area (TPSA) is 57.7 Å². The summed E-state index contributed by atoms with van der Waals surface area (Å²) in [5, 5.41) is 0. The zero-order chi connectivity index (χ0) is 17.0. The van der Waals surface area contributed by atoms with Gasteiger partial charge in [-0.2, -0.15) is 4.31 Å². The van der Waals surface area contributed by atoms with E-state index in [2.05, 4.69) is 0 Å². The highest BCUT2D eigenvalue weighted by Gasteiger charge is 2.41. The van der Waals surface area contributed by atoms with Crippen molar-refractivity contribution in [2.45, 2.75) is 56.7 Å². The van der Waals surface area contributed by atoms with E-state index in [0.29, 0.717) is 30.3 Å². The number of hydrogen-bond acceptors (Lipinski definition) is 4. The van der Waals surface area contributed by atoms with Gasteiger partial charge >= 0.3 is 0 Å². The number of sulfonamides is 1. The van der Waals surface area contributed by atoms with Crippen LogP contribution in [0, 0.1) is 6.92 Å². The molecule has 1 aliphatic heterocycles. The lowest BCUT2D eigenvalue weighted by Gasteiger charge is -2.29. The van der Waals surface area contributed by atoms with Crippen LogP contribution in [0.1, 0.15) is 44.4 Å². The van der Waals surface area contributed by atoms with Crippen molar-refractivity contribution < 1.29 is 13.2 Å². The SMILES string of the molecule is CCCN(CCC)C(=O)C1CCCN1S(=O)(=O)c1ccc(C)s1. The van der Waals surface area contributed by atoms with Crippen molar-refractivity contribution in [3.05, 3.63) is 17.0 Å². The van der Waals surface area contributed by atoms with Gasteiger partial charge in [-0.3, -0.25) is 4.79 Å². The van der Waals surface area contributed by atoms with E-state index in [4.69, 9.17) is 0 Å². The summed E-state index contributed by atoms with van der Waals surface area (Å²) < 4.78 is 27.5.